The molecule has 20 heavy (non-hydrogen) atoms. The van der Waals surface area contributed by atoms with Gasteiger partial charge in [0.25, 0.3) is 10.0 Å². The zero-order valence-corrected chi connectivity index (χ0v) is 14.5. The van der Waals surface area contributed by atoms with E-state index in [4.69, 9.17) is 11.6 Å². The van der Waals surface area contributed by atoms with Crippen LogP contribution in [0, 0.1) is 0 Å². The molecule has 1 atom stereocenters. The molecule has 2 rings (SSSR count). The Balaban J connectivity index is 2.15. The SMILES string of the molecule is CC(Cc1cccs1)N(C)S(=O)(=O)c1ccc(CCl)s1. The van der Waals surface area contributed by atoms with E-state index in [1.165, 1.54) is 20.5 Å². The molecule has 2 heterocycles. The van der Waals surface area contributed by atoms with Gasteiger partial charge in [0.15, 0.2) is 0 Å². The third-order valence-corrected chi connectivity index (χ3v) is 7.97. The summed E-state index contributed by atoms with van der Waals surface area (Å²) in [4.78, 5) is 2.05. The van der Waals surface area contributed by atoms with Crippen LogP contribution in [0.5, 0.6) is 0 Å². The van der Waals surface area contributed by atoms with Gasteiger partial charge < -0.3 is 0 Å². The first-order valence-electron chi connectivity index (χ1n) is 6.10. The maximum absolute atomic E-state index is 12.5. The molecule has 0 aliphatic carbocycles. The predicted molar refractivity (Wildman–Crippen MR) is 86.3 cm³/mol. The first-order chi connectivity index (χ1) is 9.45. The Hall–Kier alpha value is -0.400. The maximum Gasteiger partial charge on any atom is 0.252 e. The van der Waals surface area contributed by atoms with Crippen LogP contribution in [0.3, 0.4) is 0 Å². The van der Waals surface area contributed by atoms with Crippen LogP contribution in [0.25, 0.3) is 0 Å². The lowest BCUT2D eigenvalue weighted by molar-refractivity contribution is 0.389. The minimum Gasteiger partial charge on any atom is -0.206 e. The fourth-order valence-electron chi connectivity index (χ4n) is 1.80. The van der Waals surface area contributed by atoms with E-state index in [2.05, 4.69) is 0 Å². The first-order valence-corrected chi connectivity index (χ1v) is 9.77. The van der Waals surface area contributed by atoms with Gasteiger partial charge in [0.1, 0.15) is 4.21 Å². The average molecular weight is 350 g/mol. The third kappa shape index (κ3) is 3.43. The summed E-state index contributed by atoms with van der Waals surface area (Å²) in [5.41, 5.74) is 0. The molecule has 2 aromatic heterocycles. The number of halogens is 1. The van der Waals surface area contributed by atoms with Crippen LogP contribution in [0.15, 0.2) is 33.9 Å². The van der Waals surface area contributed by atoms with Crippen LogP contribution in [-0.4, -0.2) is 25.8 Å². The van der Waals surface area contributed by atoms with E-state index >= 15 is 0 Å². The summed E-state index contributed by atoms with van der Waals surface area (Å²) >= 11 is 8.61. The summed E-state index contributed by atoms with van der Waals surface area (Å²) in [6.07, 6.45) is 0.723. The van der Waals surface area contributed by atoms with Crippen molar-refractivity contribution in [2.24, 2.45) is 0 Å². The van der Waals surface area contributed by atoms with E-state index in [1.807, 2.05) is 24.4 Å². The lowest BCUT2D eigenvalue weighted by Gasteiger charge is -2.23. The molecule has 2 aromatic rings. The molecule has 0 aliphatic heterocycles. The molecule has 0 aliphatic rings. The number of hydrogen-bond donors (Lipinski definition) is 0. The number of nitrogens with zero attached hydrogens (tertiary/aromatic N) is 1. The Bertz CT molecular complexity index is 649. The van der Waals surface area contributed by atoms with E-state index in [0.29, 0.717) is 10.1 Å². The Morgan fingerprint density at radius 3 is 2.60 bits per heavy atom. The van der Waals surface area contributed by atoms with Gasteiger partial charge in [-0.05, 0) is 36.9 Å². The van der Waals surface area contributed by atoms with Crippen LogP contribution in [0.4, 0.5) is 0 Å². The normalized spacial score (nSPS) is 13.8. The number of likely N-dealkylation sites (N-methyl/N-ethyl adjacent to an activating group) is 1. The van der Waals surface area contributed by atoms with Crippen molar-refractivity contribution < 1.29 is 8.42 Å². The van der Waals surface area contributed by atoms with Crippen molar-refractivity contribution in [1.82, 2.24) is 4.31 Å². The molecule has 0 radical (unpaired) electrons. The second-order valence-corrected chi connectivity index (χ2v) is 9.20. The second-order valence-electron chi connectivity index (χ2n) is 4.51. The molecule has 1 unspecified atom stereocenters. The molecular formula is C13H16ClNO2S3. The fraction of sp³-hybridized carbons (Fsp3) is 0.385. The van der Waals surface area contributed by atoms with Gasteiger partial charge in [0, 0.05) is 22.8 Å². The summed E-state index contributed by atoms with van der Waals surface area (Å²) in [6.45, 7) is 1.92. The number of hydrogen-bond acceptors (Lipinski definition) is 4. The van der Waals surface area contributed by atoms with Gasteiger partial charge >= 0.3 is 0 Å². The summed E-state index contributed by atoms with van der Waals surface area (Å²) < 4.78 is 26.9. The Morgan fingerprint density at radius 2 is 2.05 bits per heavy atom. The summed E-state index contributed by atoms with van der Waals surface area (Å²) in [7, 11) is -1.80. The van der Waals surface area contributed by atoms with Crippen molar-refractivity contribution in [3.63, 3.8) is 0 Å². The topological polar surface area (TPSA) is 37.4 Å². The van der Waals surface area contributed by atoms with Gasteiger partial charge in [0.05, 0.1) is 5.88 Å². The molecule has 0 spiro atoms. The molecule has 0 saturated heterocycles. The van der Waals surface area contributed by atoms with Crippen LogP contribution >= 0.6 is 34.3 Å². The molecular weight excluding hydrogens is 334 g/mol. The Labute approximate surface area is 132 Å². The standard InChI is InChI=1S/C13H16ClNO2S3/c1-10(8-11-4-3-7-18-11)15(2)20(16,17)13-6-5-12(9-14)19-13/h3-7,10H,8-9H2,1-2H3. The first kappa shape index (κ1) is 16.0. The van der Waals surface area contributed by atoms with Gasteiger partial charge in [-0.25, -0.2) is 8.42 Å². The monoisotopic (exact) mass is 349 g/mol. The van der Waals surface area contributed by atoms with Crippen molar-refractivity contribution in [1.29, 1.82) is 0 Å². The largest absolute Gasteiger partial charge is 0.252 e. The van der Waals surface area contributed by atoms with E-state index in [9.17, 15) is 8.42 Å². The molecule has 0 saturated carbocycles. The number of alkyl halides is 1. The van der Waals surface area contributed by atoms with Crippen LogP contribution in [0.2, 0.25) is 0 Å². The lowest BCUT2D eigenvalue weighted by atomic mass is 10.2. The smallest absolute Gasteiger partial charge is 0.206 e. The van der Waals surface area contributed by atoms with Crippen LogP contribution in [0.1, 0.15) is 16.7 Å². The molecule has 0 fully saturated rings. The van der Waals surface area contributed by atoms with Crippen molar-refractivity contribution in [3.05, 3.63) is 39.4 Å². The molecule has 0 aromatic carbocycles. The summed E-state index contributed by atoms with van der Waals surface area (Å²) in [5, 5.41) is 2.00. The zero-order chi connectivity index (χ0) is 14.8. The predicted octanol–water partition coefficient (Wildman–Crippen LogP) is 3.80. The minimum atomic E-state index is -3.43. The fourth-order valence-corrected chi connectivity index (χ4v) is 5.63. The zero-order valence-electron chi connectivity index (χ0n) is 11.2. The van der Waals surface area contributed by atoms with E-state index in [0.717, 1.165) is 11.3 Å². The highest BCUT2D eigenvalue weighted by molar-refractivity contribution is 7.91. The minimum absolute atomic E-state index is 0.0831. The van der Waals surface area contributed by atoms with Gasteiger partial charge in [0.2, 0.25) is 0 Å². The lowest BCUT2D eigenvalue weighted by Crippen LogP contribution is -2.35. The molecule has 110 valence electrons. The van der Waals surface area contributed by atoms with Gasteiger partial charge in [-0.2, -0.15) is 4.31 Å². The highest BCUT2D eigenvalue weighted by atomic mass is 35.5. The van der Waals surface area contributed by atoms with Crippen LogP contribution in [-0.2, 0) is 22.3 Å². The maximum atomic E-state index is 12.5. The average Bonchev–Trinajstić information content (AvgIpc) is 3.08. The number of sulfonamides is 1. The quantitative estimate of drug-likeness (QED) is 0.744. The molecule has 0 bridgehead atoms. The van der Waals surface area contributed by atoms with Gasteiger partial charge in [-0.3, -0.25) is 0 Å². The van der Waals surface area contributed by atoms with Crippen molar-refractivity contribution >= 4 is 44.3 Å². The molecule has 7 heteroatoms. The number of thiophene rings is 2. The van der Waals surface area contributed by atoms with E-state index in [-0.39, 0.29) is 6.04 Å². The van der Waals surface area contributed by atoms with Crippen LogP contribution < -0.4 is 0 Å². The van der Waals surface area contributed by atoms with Crippen molar-refractivity contribution in [3.8, 4) is 0 Å². The summed E-state index contributed by atoms with van der Waals surface area (Å²) in [5.74, 6) is 0.342. The van der Waals surface area contributed by atoms with Gasteiger partial charge in [-0.1, -0.05) is 6.07 Å². The molecule has 3 nitrogen and oxygen atoms in total. The van der Waals surface area contributed by atoms with Crippen molar-refractivity contribution in [2.45, 2.75) is 29.5 Å². The molecule has 0 amide bonds. The van der Waals surface area contributed by atoms with Gasteiger partial charge in [-0.15, -0.1) is 34.3 Å². The third-order valence-electron chi connectivity index (χ3n) is 3.10. The highest BCUT2D eigenvalue weighted by Gasteiger charge is 2.27. The Morgan fingerprint density at radius 1 is 1.30 bits per heavy atom. The number of rotatable bonds is 6. The highest BCUT2D eigenvalue weighted by Crippen LogP contribution is 2.27. The van der Waals surface area contributed by atoms with E-state index in [1.54, 1.807) is 30.5 Å². The van der Waals surface area contributed by atoms with E-state index < -0.39 is 10.0 Å². The molecule has 0 N–H and O–H groups in total. The summed E-state index contributed by atoms with van der Waals surface area (Å²) in [6, 6.07) is 7.32. The second kappa shape index (κ2) is 6.58. The Kier molecular flexibility index (Phi) is 5.25. The van der Waals surface area contributed by atoms with Crippen molar-refractivity contribution in [2.75, 3.05) is 7.05 Å².